The summed E-state index contributed by atoms with van der Waals surface area (Å²) in [4.78, 5) is 0. The molecule has 0 saturated carbocycles. The van der Waals surface area contributed by atoms with Gasteiger partial charge in [0.15, 0.2) is 0 Å². The molecule has 1 aromatic carbocycles. The molecule has 0 saturated heterocycles. The summed E-state index contributed by atoms with van der Waals surface area (Å²) < 4.78 is 0. The van der Waals surface area contributed by atoms with Gasteiger partial charge in [0, 0.05) is 0 Å². The highest BCUT2D eigenvalue weighted by atomic mass is 13.9. The molecule has 0 fully saturated rings. The second kappa shape index (κ2) is 5.36. The van der Waals surface area contributed by atoms with Crippen molar-refractivity contribution in [2.24, 2.45) is 5.92 Å². The van der Waals surface area contributed by atoms with Gasteiger partial charge in [-0.2, -0.15) is 0 Å². The number of allylic oxidation sites excluding steroid dienone is 3. The van der Waals surface area contributed by atoms with Gasteiger partial charge in [-0.1, -0.05) is 68.5 Å². The van der Waals surface area contributed by atoms with Crippen molar-refractivity contribution in [1.82, 2.24) is 0 Å². The van der Waals surface area contributed by atoms with E-state index in [4.69, 9.17) is 0 Å². The molecule has 0 N–H and O–H groups in total. The fraction of sp³-hybridized carbons (Fsp3) is 0.231. The van der Waals surface area contributed by atoms with E-state index in [1.165, 1.54) is 5.56 Å². The van der Waals surface area contributed by atoms with E-state index in [-0.39, 0.29) is 0 Å². The fourth-order valence-electron chi connectivity index (χ4n) is 1.02. The van der Waals surface area contributed by atoms with Crippen LogP contribution in [0.3, 0.4) is 0 Å². The molecule has 0 heterocycles. The number of hydrogen-bond acceptors (Lipinski definition) is 0. The molecule has 0 aliphatic carbocycles. The Morgan fingerprint density at radius 3 is 2.31 bits per heavy atom. The average molecular weight is 172 g/mol. The molecule has 0 atom stereocenters. The van der Waals surface area contributed by atoms with Gasteiger partial charge in [-0.3, -0.25) is 0 Å². The van der Waals surface area contributed by atoms with Crippen molar-refractivity contribution >= 4 is 6.08 Å². The van der Waals surface area contributed by atoms with E-state index in [0.29, 0.717) is 5.92 Å². The van der Waals surface area contributed by atoms with E-state index in [1.54, 1.807) is 0 Å². The standard InChI is InChI=1S/C13H16/c1-12(2)8-6-7-11-13-9-4-3-5-10-13/h3-12H,1-2H3. The van der Waals surface area contributed by atoms with Crippen LogP contribution in [0.25, 0.3) is 6.08 Å². The third-order valence-corrected chi connectivity index (χ3v) is 1.70. The highest BCUT2D eigenvalue weighted by Gasteiger charge is 1.81. The van der Waals surface area contributed by atoms with Crippen molar-refractivity contribution in [3.05, 3.63) is 54.1 Å². The van der Waals surface area contributed by atoms with Crippen LogP contribution < -0.4 is 0 Å². The SMILES string of the molecule is CC(C)C=CC=Cc1ccccc1. The molecule has 0 unspecified atom stereocenters. The van der Waals surface area contributed by atoms with Crippen molar-refractivity contribution in [3.8, 4) is 0 Å². The maximum atomic E-state index is 2.18. The van der Waals surface area contributed by atoms with Crippen LogP contribution in [0.4, 0.5) is 0 Å². The second-order valence-corrected chi connectivity index (χ2v) is 3.40. The number of rotatable bonds is 3. The zero-order valence-electron chi connectivity index (χ0n) is 8.27. The molecule has 0 aliphatic heterocycles. The first kappa shape index (κ1) is 9.79. The lowest BCUT2D eigenvalue weighted by atomic mass is 10.2. The van der Waals surface area contributed by atoms with Gasteiger partial charge >= 0.3 is 0 Å². The van der Waals surface area contributed by atoms with Crippen LogP contribution in [0, 0.1) is 5.92 Å². The van der Waals surface area contributed by atoms with Crippen molar-refractivity contribution in [2.75, 3.05) is 0 Å². The molecular formula is C13H16. The Bertz CT molecular complexity index is 278. The van der Waals surface area contributed by atoms with Gasteiger partial charge in [-0.25, -0.2) is 0 Å². The first-order chi connectivity index (χ1) is 6.29. The summed E-state index contributed by atoms with van der Waals surface area (Å²) in [7, 11) is 0. The molecule has 68 valence electrons. The van der Waals surface area contributed by atoms with Crippen LogP contribution in [0.2, 0.25) is 0 Å². The third-order valence-electron chi connectivity index (χ3n) is 1.70. The Labute approximate surface area is 80.6 Å². The zero-order chi connectivity index (χ0) is 9.52. The minimum Gasteiger partial charge on any atom is -0.0820 e. The lowest BCUT2D eigenvalue weighted by molar-refractivity contribution is 0.832. The summed E-state index contributed by atoms with van der Waals surface area (Å²) in [6, 6.07) is 10.3. The summed E-state index contributed by atoms with van der Waals surface area (Å²) in [6.45, 7) is 4.35. The lowest BCUT2D eigenvalue weighted by Crippen LogP contribution is -1.74. The van der Waals surface area contributed by atoms with Crippen LogP contribution in [0.5, 0.6) is 0 Å². The molecule has 13 heavy (non-hydrogen) atoms. The summed E-state index contributed by atoms with van der Waals surface area (Å²) in [5, 5.41) is 0. The Balaban J connectivity index is 2.50. The normalized spacial score (nSPS) is 11.9. The Kier molecular flexibility index (Phi) is 4.04. The highest BCUT2D eigenvalue weighted by molar-refractivity contribution is 5.50. The molecule has 0 radical (unpaired) electrons. The van der Waals surface area contributed by atoms with Gasteiger partial charge in [0.25, 0.3) is 0 Å². The van der Waals surface area contributed by atoms with Gasteiger partial charge in [-0.15, -0.1) is 0 Å². The Hall–Kier alpha value is -1.30. The molecule has 0 nitrogen and oxygen atoms in total. The maximum Gasteiger partial charge on any atom is -0.0257 e. The molecular weight excluding hydrogens is 156 g/mol. The number of benzene rings is 1. The van der Waals surface area contributed by atoms with Gasteiger partial charge in [-0.05, 0) is 11.5 Å². The average Bonchev–Trinajstić information content (AvgIpc) is 2.14. The second-order valence-electron chi connectivity index (χ2n) is 3.40. The van der Waals surface area contributed by atoms with Gasteiger partial charge in [0.05, 0.1) is 0 Å². The lowest BCUT2D eigenvalue weighted by Gasteiger charge is -1.90. The monoisotopic (exact) mass is 172 g/mol. The van der Waals surface area contributed by atoms with E-state index in [0.717, 1.165) is 0 Å². The van der Waals surface area contributed by atoms with Crippen LogP contribution >= 0.6 is 0 Å². The van der Waals surface area contributed by atoms with Crippen LogP contribution in [0.15, 0.2) is 48.6 Å². The van der Waals surface area contributed by atoms with Gasteiger partial charge < -0.3 is 0 Å². The maximum absolute atomic E-state index is 2.18. The van der Waals surface area contributed by atoms with Crippen molar-refractivity contribution in [2.45, 2.75) is 13.8 Å². The highest BCUT2D eigenvalue weighted by Crippen LogP contribution is 2.01. The molecule has 1 rings (SSSR count). The first-order valence-corrected chi connectivity index (χ1v) is 4.69. The smallest absolute Gasteiger partial charge is 0.0257 e. The van der Waals surface area contributed by atoms with Crippen LogP contribution in [0.1, 0.15) is 19.4 Å². The summed E-state index contributed by atoms with van der Waals surface area (Å²) in [5.41, 5.74) is 1.25. The van der Waals surface area contributed by atoms with E-state index < -0.39 is 0 Å². The molecule has 0 amide bonds. The van der Waals surface area contributed by atoms with Crippen LogP contribution in [-0.2, 0) is 0 Å². The number of hydrogen-bond donors (Lipinski definition) is 0. The van der Waals surface area contributed by atoms with E-state index >= 15 is 0 Å². The predicted octanol–water partition coefficient (Wildman–Crippen LogP) is 3.91. The topological polar surface area (TPSA) is 0 Å². The third kappa shape index (κ3) is 4.32. The molecule has 0 aliphatic rings. The van der Waals surface area contributed by atoms with Gasteiger partial charge in [0.2, 0.25) is 0 Å². The predicted molar refractivity (Wildman–Crippen MR) is 59.5 cm³/mol. The largest absolute Gasteiger partial charge is 0.0820 e. The molecule has 0 bridgehead atoms. The first-order valence-electron chi connectivity index (χ1n) is 4.69. The Morgan fingerprint density at radius 2 is 1.69 bits per heavy atom. The molecule has 0 aromatic heterocycles. The molecule has 0 spiro atoms. The summed E-state index contributed by atoms with van der Waals surface area (Å²) >= 11 is 0. The van der Waals surface area contributed by atoms with E-state index in [9.17, 15) is 0 Å². The van der Waals surface area contributed by atoms with Crippen LogP contribution in [-0.4, -0.2) is 0 Å². The summed E-state index contributed by atoms with van der Waals surface area (Å²) in [5.74, 6) is 0.625. The zero-order valence-corrected chi connectivity index (χ0v) is 8.27. The quantitative estimate of drug-likeness (QED) is 0.606. The van der Waals surface area contributed by atoms with Crippen molar-refractivity contribution < 1.29 is 0 Å². The molecule has 1 aromatic rings. The van der Waals surface area contributed by atoms with E-state index in [1.807, 2.05) is 18.2 Å². The van der Waals surface area contributed by atoms with Crippen molar-refractivity contribution in [1.29, 1.82) is 0 Å². The van der Waals surface area contributed by atoms with Gasteiger partial charge in [0.1, 0.15) is 0 Å². The molecule has 0 heteroatoms. The summed E-state index contributed by atoms with van der Waals surface area (Å²) in [6.07, 6.45) is 8.46. The van der Waals surface area contributed by atoms with Crippen molar-refractivity contribution in [3.63, 3.8) is 0 Å². The minimum atomic E-state index is 0.625. The van der Waals surface area contributed by atoms with E-state index in [2.05, 4.69) is 50.3 Å². The Morgan fingerprint density at radius 1 is 1.00 bits per heavy atom. The fourth-order valence-corrected chi connectivity index (χ4v) is 1.02. The minimum absolute atomic E-state index is 0.625.